The molecule has 0 aliphatic rings. The first-order chi connectivity index (χ1) is 2.73. The number of hydrogen-bond donors (Lipinski definition) is 0. The summed E-state index contributed by atoms with van der Waals surface area (Å²) in [6, 6.07) is 0. The lowest BCUT2D eigenvalue weighted by atomic mass is 10.8. The van der Waals surface area contributed by atoms with E-state index in [1.165, 1.54) is 7.26 Å². The van der Waals surface area contributed by atoms with Crippen LogP contribution in [0.2, 0.25) is 0 Å². The number of rotatable bonds is 0. The molecule has 0 bridgehead atoms. The quantitative estimate of drug-likeness (QED) is 0.335. The van der Waals surface area contributed by atoms with Gasteiger partial charge < -0.3 is 0 Å². The lowest BCUT2D eigenvalue weighted by molar-refractivity contribution is 2.13. The second-order valence-electron chi connectivity index (χ2n) is 1.34. The van der Waals surface area contributed by atoms with Crippen LogP contribution in [0.5, 0.6) is 0 Å². The van der Waals surface area contributed by atoms with Gasteiger partial charge >= 0.3 is 0 Å². The molecule has 0 aliphatic heterocycles. The molecule has 0 unspecified atom stereocenters. The van der Waals surface area contributed by atoms with Crippen LogP contribution in [-0.2, 0) is 0 Å². The Hall–Kier alpha value is 0.785. The molecule has 6 heavy (non-hydrogen) atoms. The molecule has 0 heterocycles. The highest BCUT2D eigenvalue weighted by molar-refractivity contribution is 7.55. The summed E-state index contributed by atoms with van der Waals surface area (Å²) in [5.41, 5.74) is 0. The van der Waals surface area contributed by atoms with Crippen molar-refractivity contribution in [2.45, 2.75) is 0 Å². The van der Waals surface area contributed by atoms with Crippen LogP contribution in [0.4, 0.5) is 0 Å². The van der Waals surface area contributed by atoms with Crippen molar-refractivity contribution in [1.29, 1.82) is 0 Å². The molecule has 0 nitrogen and oxygen atoms in total. The third-order valence-electron chi connectivity index (χ3n) is 0. The molecule has 0 amide bonds. The molecule has 0 saturated heterocycles. The van der Waals surface area contributed by atoms with Crippen molar-refractivity contribution < 1.29 is 0 Å². The van der Waals surface area contributed by atoms with Crippen LogP contribution in [0.15, 0.2) is 0 Å². The smallest absolute Gasteiger partial charge is 0.206 e. The molecule has 38 valence electrons. The minimum Gasteiger partial charge on any atom is -0.206 e. The minimum atomic E-state index is 0.380. The van der Waals surface area contributed by atoms with Gasteiger partial charge in [-0.25, -0.2) is 11.5 Å². The van der Waals surface area contributed by atoms with Crippen molar-refractivity contribution in [3.8, 4) is 0 Å². The Kier molecular flexibility index (Phi) is 15.3. The fourth-order valence-corrected chi connectivity index (χ4v) is 0. The van der Waals surface area contributed by atoms with Crippen molar-refractivity contribution in [3.05, 3.63) is 0 Å². The normalized spacial score (nSPS) is 6.83. The summed E-state index contributed by atoms with van der Waals surface area (Å²) >= 11 is 4.64. The predicted octanol–water partition coefficient (Wildman–Crippen LogP) is 1.13. The van der Waals surface area contributed by atoms with E-state index in [0.717, 1.165) is 0 Å². The molecule has 0 spiro atoms. The molecule has 0 N–H and O–H groups in total. The van der Waals surface area contributed by atoms with Gasteiger partial charge in [0.2, 0.25) is 7.26 Å². The van der Waals surface area contributed by atoms with E-state index < -0.39 is 0 Å². The molecule has 0 aromatic heterocycles. The maximum Gasteiger partial charge on any atom is 0.215 e. The van der Waals surface area contributed by atoms with Crippen molar-refractivity contribution in [2.24, 2.45) is 0 Å². The molecule has 0 atom stereocenters. The molecule has 0 radical (unpaired) electrons. The van der Waals surface area contributed by atoms with Gasteiger partial charge in [-0.3, -0.25) is 0 Å². The molecule has 0 saturated carbocycles. The third kappa shape index (κ3) is 111. The third-order valence-corrected chi connectivity index (χ3v) is 0. The van der Waals surface area contributed by atoms with Crippen molar-refractivity contribution in [3.63, 3.8) is 0 Å². The van der Waals surface area contributed by atoms with Crippen molar-refractivity contribution >= 4 is 26.6 Å². The highest BCUT2D eigenvalue weighted by Crippen LogP contribution is 2.14. The molecule has 0 fully saturated rings. The lowest BCUT2D eigenvalue weighted by Gasteiger charge is -1.81. The van der Waals surface area contributed by atoms with Crippen LogP contribution in [0, 0.1) is 0 Å². The van der Waals surface area contributed by atoms with Gasteiger partial charge in [0.1, 0.15) is 0 Å². The molecule has 0 aliphatic carbocycles. The summed E-state index contributed by atoms with van der Waals surface area (Å²) in [4.78, 5) is 0. The van der Waals surface area contributed by atoms with Crippen LogP contribution in [0.25, 0.3) is 0 Å². The van der Waals surface area contributed by atoms with Crippen LogP contribution < -0.4 is 0 Å². The van der Waals surface area contributed by atoms with E-state index in [1.807, 2.05) is 0 Å². The van der Waals surface area contributed by atoms with Crippen molar-refractivity contribution in [1.82, 2.24) is 0 Å². The first-order valence-corrected chi connectivity index (χ1v) is 5.16. The van der Waals surface area contributed by atoms with E-state index in [-0.39, 0.29) is 0 Å². The van der Waals surface area contributed by atoms with Gasteiger partial charge in [0.05, 0.1) is 0 Å². The van der Waals surface area contributed by atoms with Crippen LogP contribution in [-0.4, -0.2) is 27.3 Å². The second-order valence-corrected chi connectivity index (χ2v) is 4.02. The predicted molar refractivity (Wildman–Crippen MR) is 39.1 cm³/mol. The molecule has 0 rings (SSSR count). The zero-order chi connectivity index (χ0) is 5.58. The summed E-state index contributed by atoms with van der Waals surface area (Å²) in [6.45, 7) is 6.69. The molecule has 3 heteroatoms. The molecule has 0 aromatic rings. The molecular weight excluding hydrogens is 113 g/mol. The summed E-state index contributed by atoms with van der Waals surface area (Å²) in [7, 11) is 1.85. The highest BCUT2D eigenvalue weighted by atomic mass is 35.5. The first-order valence-electron chi connectivity index (χ1n) is 1.72. The van der Waals surface area contributed by atoms with E-state index >= 15 is 0 Å². The fraction of sp³-hybridized carbons (Fsp3) is 1.00. The summed E-state index contributed by atoms with van der Waals surface area (Å²) in [5, 5.41) is 0. The van der Waals surface area contributed by atoms with E-state index in [1.54, 1.807) is 0 Å². The largest absolute Gasteiger partial charge is 0.215 e. The van der Waals surface area contributed by atoms with Gasteiger partial charge in [0.15, 0.2) is 0 Å². The monoisotopic (exact) mass is 124 g/mol. The van der Waals surface area contributed by atoms with Crippen LogP contribution in [0.1, 0.15) is 0 Å². The van der Waals surface area contributed by atoms with E-state index in [0.29, 0.717) is 7.92 Å². The van der Waals surface area contributed by atoms with E-state index in [2.05, 4.69) is 31.5 Å². The lowest BCUT2D eigenvalue weighted by Crippen LogP contribution is -1.48. The topological polar surface area (TPSA) is 0 Å². The standard InChI is InChI=1S/C3H9P.BClH2/c1-4(2)3;1-2/h1-3H3;1H2. The molecule has 0 aromatic carbocycles. The van der Waals surface area contributed by atoms with E-state index in [4.69, 9.17) is 0 Å². The maximum atomic E-state index is 4.64. The van der Waals surface area contributed by atoms with Crippen LogP contribution >= 0.6 is 19.4 Å². The first kappa shape index (κ1) is 9.92. The number of halogens is 1. The Bertz CT molecular complexity index is 15.5. The van der Waals surface area contributed by atoms with Gasteiger partial charge in [-0.2, -0.15) is 0 Å². The van der Waals surface area contributed by atoms with E-state index in [9.17, 15) is 0 Å². The highest BCUT2D eigenvalue weighted by Gasteiger charge is 1.65. The Morgan fingerprint density at radius 2 is 1.17 bits per heavy atom. The van der Waals surface area contributed by atoms with Crippen LogP contribution in [0.3, 0.4) is 0 Å². The second kappa shape index (κ2) is 9.25. The van der Waals surface area contributed by atoms with Gasteiger partial charge in [-0.15, -0.1) is 7.92 Å². The average Bonchev–Trinajstić information content (AvgIpc) is 1.41. The Morgan fingerprint density at radius 1 is 1.17 bits per heavy atom. The minimum absolute atomic E-state index is 0.380. The SMILES string of the molecule is BCl.CP(C)C. The zero-order valence-corrected chi connectivity index (χ0v) is 6.48. The Labute approximate surface area is 47.3 Å². The Balaban J connectivity index is 0. The molecular formula is C3H11BClP. The van der Waals surface area contributed by atoms with Gasteiger partial charge in [0, 0.05) is 0 Å². The summed E-state index contributed by atoms with van der Waals surface area (Å²) in [6.07, 6.45) is 0. The zero-order valence-electron chi connectivity index (χ0n) is 4.83. The average molecular weight is 124 g/mol. The van der Waals surface area contributed by atoms with Crippen molar-refractivity contribution in [2.75, 3.05) is 20.0 Å². The van der Waals surface area contributed by atoms with Gasteiger partial charge in [-0.05, 0) is 20.0 Å². The fourth-order valence-electron chi connectivity index (χ4n) is 0. The number of hydrogen-bond acceptors (Lipinski definition) is 0. The van der Waals surface area contributed by atoms with Gasteiger partial charge in [0.25, 0.3) is 0 Å². The maximum absolute atomic E-state index is 4.64. The van der Waals surface area contributed by atoms with Gasteiger partial charge in [-0.1, -0.05) is 0 Å². The Morgan fingerprint density at radius 3 is 1.17 bits per heavy atom. The summed E-state index contributed by atoms with van der Waals surface area (Å²) in [5.74, 6) is 0. The summed E-state index contributed by atoms with van der Waals surface area (Å²) < 4.78 is 0.